The Labute approximate surface area is 176 Å². The molecule has 4 aromatic heterocycles. The minimum absolute atomic E-state index is 0.216. The molecule has 12 nitrogen and oxygen atoms in total. The molecule has 0 saturated carbocycles. The number of anilines is 2. The van der Waals surface area contributed by atoms with E-state index in [1.807, 2.05) is 6.07 Å². The zero-order valence-electron chi connectivity index (χ0n) is 16.6. The SMILES string of the molecule is Cn1cc(-c2cn3nccc3c(-c3cn(C4(CC#N)CN(C#N)C4)nc3N)n2)c(N)n1. The molecule has 0 amide bonds. The number of aryl methyl sites for hydroxylation is 1. The summed E-state index contributed by atoms with van der Waals surface area (Å²) >= 11 is 0. The lowest BCUT2D eigenvalue weighted by Gasteiger charge is -2.46. The second-order valence-corrected chi connectivity index (χ2v) is 7.63. The van der Waals surface area contributed by atoms with Crippen molar-refractivity contribution in [3.63, 3.8) is 0 Å². The first-order valence-electron chi connectivity index (χ1n) is 9.45. The van der Waals surface area contributed by atoms with Crippen molar-refractivity contribution in [3.05, 3.63) is 30.9 Å². The average molecular weight is 414 g/mol. The third-order valence-corrected chi connectivity index (χ3v) is 5.53. The summed E-state index contributed by atoms with van der Waals surface area (Å²) in [5.41, 5.74) is 15.0. The molecular weight excluding hydrogens is 396 g/mol. The minimum atomic E-state index is -0.598. The van der Waals surface area contributed by atoms with Gasteiger partial charge in [0.1, 0.15) is 11.2 Å². The summed E-state index contributed by atoms with van der Waals surface area (Å²) in [5.74, 6) is 0.634. The van der Waals surface area contributed by atoms with Crippen LogP contribution in [0.5, 0.6) is 0 Å². The molecule has 0 bridgehead atoms. The largest absolute Gasteiger partial charge is 0.382 e. The molecule has 12 heteroatoms. The molecule has 4 N–H and O–H groups in total. The van der Waals surface area contributed by atoms with E-state index in [0.29, 0.717) is 41.4 Å². The summed E-state index contributed by atoms with van der Waals surface area (Å²) in [7, 11) is 1.78. The van der Waals surface area contributed by atoms with Gasteiger partial charge in [-0.25, -0.2) is 9.50 Å². The van der Waals surface area contributed by atoms with Crippen LogP contribution >= 0.6 is 0 Å². The molecule has 0 unspecified atom stereocenters. The fourth-order valence-corrected chi connectivity index (χ4v) is 3.99. The van der Waals surface area contributed by atoms with Crippen LogP contribution in [0.15, 0.2) is 30.9 Å². The number of nitrogens with zero attached hydrogens (tertiary/aromatic N) is 10. The number of rotatable bonds is 4. The number of aromatic nitrogens is 7. The lowest BCUT2D eigenvalue weighted by atomic mass is 9.87. The van der Waals surface area contributed by atoms with Crippen LogP contribution in [0.4, 0.5) is 11.6 Å². The number of likely N-dealkylation sites (tertiary alicyclic amines) is 1. The predicted octanol–water partition coefficient (Wildman–Crippen LogP) is 0.563. The monoisotopic (exact) mass is 414 g/mol. The van der Waals surface area contributed by atoms with Crippen LogP contribution < -0.4 is 11.5 Å². The first kappa shape index (κ1) is 18.4. The van der Waals surface area contributed by atoms with Crippen molar-refractivity contribution in [2.24, 2.45) is 7.05 Å². The molecular formula is C19H18N12. The second kappa shape index (κ2) is 6.47. The number of nitrogen functional groups attached to an aromatic ring is 2. The van der Waals surface area contributed by atoms with E-state index in [4.69, 9.17) is 21.7 Å². The molecule has 5 heterocycles. The van der Waals surface area contributed by atoms with Gasteiger partial charge in [0.05, 0.1) is 60.3 Å². The number of hydrogen-bond acceptors (Lipinski definition) is 9. The van der Waals surface area contributed by atoms with E-state index >= 15 is 0 Å². The third kappa shape index (κ3) is 2.73. The molecule has 5 rings (SSSR count). The van der Waals surface area contributed by atoms with Crippen molar-refractivity contribution in [1.82, 2.24) is 39.1 Å². The Balaban J connectivity index is 1.65. The highest BCUT2D eigenvalue weighted by Gasteiger charge is 2.46. The van der Waals surface area contributed by atoms with Crippen molar-refractivity contribution >= 4 is 17.2 Å². The van der Waals surface area contributed by atoms with E-state index in [9.17, 15) is 5.26 Å². The Morgan fingerprint density at radius 1 is 1.10 bits per heavy atom. The van der Waals surface area contributed by atoms with Crippen LogP contribution in [0.2, 0.25) is 0 Å². The van der Waals surface area contributed by atoms with Crippen LogP contribution in [0.3, 0.4) is 0 Å². The van der Waals surface area contributed by atoms with Gasteiger partial charge < -0.3 is 16.4 Å². The van der Waals surface area contributed by atoms with Gasteiger partial charge in [0.2, 0.25) is 0 Å². The first-order valence-corrected chi connectivity index (χ1v) is 9.45. The molecule has 0 spiro atoms. The zero-order chi connectivity index (χ0) is 21.8. The van der Waals surface area contributed by atoms with Crippen molar-refractivity contribution in [1.29, 1.82) is 10.5 Å². The Hall–Kier alpha value is -4.58. The smallest absolute Gasteiger partial charge is 0.179 e. The molecule has 31 heavy (non-hydrogen) atoms. The van der Waals surface area contributed by atoms with E-state index in [1.165, 1.54) is 0 Å². The minimum Gasteiger partial charge on any atom is -0.382 e. The lowest BCUT2D eigenvalue weighted by Crippen LogP contribution is -2.60. The van der Waals surface area contributed by atoms with Gasteiger partial charge in [0, 0.05) is 19.4 Å². The maximum atomic E-state index is 9.32. The maximum absolute atomic E-state index is 9.32. The highest BCUT2D eigenvalue weighted by atomic mass is 15.4. The molecule has 1 aliphatic rings. The fraction of sp³-hybridized carbons (Fsp3) is 0.263. The van der Waals surface area contributed by atoms with Crippen molar-refractivity contribution in [3.8, 4) is 34.8 Å². The molecule has 154 valence electrons. The summed E-state index contributed by atoms with van der Waals surface area (Å²) in [6.45, 7) is 0.804. The van der Waals surface area contributed by atoms with E-state index in [1.54, 1.807) is 50.6 Å². The summed E-state index contributed by atoms with van der Waals surface area (Å²) in [4.78, 5) is 6.39. The van der Waals surface area contributed by atoms with E-state index in [2.05, 4.69) is 27.6 Å². The van der Waals surface area contributed by atoms with E-state index in [-0.39, 0.29) is 12.2 Å². The molecule has 1 fully saturated rings. The molecule has 0 radical (unpaired) electrons. The molecule has 4 aromatic rings. The van der Waals surface area contributed by atoms with Gasteiger partial charge in [-0.05, 0) is 6.07 Å². The molecule has 0 aliphatic carbocycles. The van der Waals surface area contributed by atoms with Gasteiger partial charge in [0.25, 0.3) is 0 Å². The van der Waals surface area contributed by atoms with Gasteiger partial charge in [-0.1, -0.05) is 0 Å². The summed E-state index contributed by atoms with van der Waals surface area (Å²) < 4.78 is 5.01. The van der Waals surface area contributed by atoms with Gasteiger partial charge >= 0.3 is 0 Å². The summed E-state index contributed by atoms with van der Waals surface area (Å²) in [5, 5.41) is 31.5. The van der Waals surface area contributed by atoms with Crippen LogP contribution in [0.25, 0.3) is 28.0 Å². The van der Waals surface area contributed by atoms with Crippen LogP contribution in [0, 0.1) is 22.8 Å². The second-order valence-electron chi connectivity index (χ2n) is 7.63. The van der Waals surface area contributed by atoms with Crippen molar-refractivity contribution in [2.75, 3.05) is 24.6 Å². The highest BCUT2D eigenvalue weighted by molar-refractivity contribution is 5.84. The van der Waals surface area contributed by atoms with Crippen LogP contribution in [-0.4, -0.2) is 52.1 Å². The topological polar surface area (TPSA) is 169 Å². The van der Waals surface area contributed by atoms with Crippen LogP contribution in [0.1, 0.15) is 6.42 Å². The Morgan fingerprint density at radius 2 is 1.87 bits per heavy atom. The standard InChI is InChI=1S/C19H18N12/c1-28-6-12(17(22)26-28)14-8-30-15(2-5-24-30)16(25-14)13-7-31(27-18(13)23)19(3-4-20)9-29(10-19)11-21/h2,5-8H,3,9-10H2,1H3,(H2,22,26)(H2,23,27). The summed E-state index contributed by atoms with van der Waals surface area (Å²) in [6, 6.07) is 4.03. The van der Waals surface area contributed by atoms with E-state index < -0.39 is 5.54 Å². The Kier molecular flexibility index (Phi) is 3.85. The maximum Gasteiger partial charge on any atom is 0.179 e. The molecule has 0 aromatic carbocycles. The highest BCUT2D eigenvalue weighted by Crippen LogP contribution is 2.36. The van der Waals surface area contributed by atoms with Gasteiger partial charge in [-0.15, -0.1) is 0 Å². The zero-order valence-corrected chi connectivity index (χ0v) is 16.6. The Morgan fingerprint density at radius 3 is 2.55 bits per heavy atom. The molecule has 1 aliphatic heterocycles. The van der Waals surface area contributed by atoms with Crippen molar-refractivity contribution < 1.29 is 0 Å². The van der Waals surface area contributed by atoms with Gasteiger partial charge in [-0.3, -0.25) is 9.36 Å². The number of fused-ring (bicyclic) bond motifs is 1. The van der Waals surface area contributed by atoms with Gasteiger partial charge in [-0.2, -0.15) is 25.8 Å². The van der Waals surface area contributed by atoms with Gasteiger partial charge in [0.15, 0.2) is 17.8 Å². The predicted molar refractivity (Wildman–Crippen MR) is 111 cm³/mol. The normalized spacial score (nSPS) is 14.9. The lowest BCUT2D eigenvalue weighted by molar-refractivity contribution is 0.0507. The van der Waals surface area contributed by atoms with Crippen LogP contribution in [-0.2, 0) is 12.6 Å². The number of nitrogens with two attached hydrogens (primary N) is 2. The third-order valence-electron chi connectivity index (χ3n) is 5.53. The average Bonchev–Trinajstić information content (AvgIpc) is 3.42. The number of nitriles is 2. The van der Waals surface area contributed by atoms with Crippen molar-refractivity contribution in [2.45, 2.75) is 12.0 Å². The first-order chi connectivity index (χ1) is 14.9. The number of hydrogen-bond donors (Lipinski definition) is 2. The van der Waals surface area contributed by atoms with E-state index in [0.717, 1.165) is 5.52 Å². The molecule has 0 atom stereocenters. The Bertz CT molecular complexity index is 1390. The fourth-order valence-electron chi connectivity index (χ4n) is 3.99. The quantitative estimate of drug-likeness (QED) is 0.453. The summed E-state index contributed by atoms with van der Waals surface area (Å²) in [6.07, 6.45) is 9.34. The molecule has 1 saturated heterocycles.